The van der Waals surface area contributed by atoms with E-state index in [0.717, 1.165) is 0 Å². The summed E-state index contributed by atoms with van der Waals surface area (Å²) in [5.74, 6) is 0. The number of halogens is 2. The zero-order valence-electron chi connectivity index (χ0n) is 14.5. The van der Waals surface area contributed by atoms with Crippen LogP contribution >= 0.6 is 7.82 Å². The third-order valence-electron chi connectivity index (χ3n) is 0. The minimum absolute atomic E-state index is 0. The number of hydrogen-bond acceptors (Lipinski definition) is 13. The molecule has 0 aromatic carbocycles. The van der Waals surface area contributed by atoms with Crippen molar-refractivity contribution in [2.45, 2.75) is 0 Å². The van der Waals surface area contributed by atoms with Gasteiger partial charge >= 0.3 is 215 Å². The molecule has 0 fully saturated rings. The van der Waals surface area contributed by atoms with Crippen molar-refractivity contribution in [1.82, 2.24) is 6.15 Å². The van der Waals surface area contributed by atoms with Gasteiger partial charge in [-0.15, -0.1) is 0 Å². The molecule has 0 atom stereocenters. The van der Waals surface area contributed by atoms with Gasteiger partial charge in [0, 0.05) is 37.9 Å². The molecule has 6 N–H and O–H groups in total. The van der Waals surface area contributed by atoms with E-state index in [4.69, 9.17) is 69.6 Å². The van der Waals surface area contributed by atoms with Gasteiger partial charge in [-0.2, -0.15) is 0 Å². The maximum Gasteiger partial charge on any atom is 2.00 e. The van der Waals surface area contributed by atoms with Crippen LogP contribution in [0.15, 0.2) is 0 Å². The molecular formula is H6CaCl2K3MgMnN2O15PS2. The van der Waals surface area contributed by atoms with Crippen molar-refractivity contribution in [3.63, 3.8) is 0 Å². The van der Waals surface area contributed by atoms with E-state index in [-0.39, 0.29) is 263 Å². The van der Waals surface area contributed by atoms with E-state index in [0.29, 0.717) is 0 Å². The summed E-state index contributed by atoms with van der Waals surface area (Å²) in [6, 6.07) is 0. The molecule has 0 saturated heterocycles. The maximum atomic E-state index is 8.77. The molecule has 151 valence electrons. The largest absolute Gasteiger partial charge is 2.00 e. The average molecular weight is 677 g/mol. The van der Waals surface area contributed by atoms with Crippen LogP contribution in [0, 0.1) is 15.3 Å². The zero-order valence-corrected chi connectivity index (χ0v) is 32.7. The van der Waals surface area contributed by atoms with Crippen LogP contribution in [0.1, 0.15) is 0 Å². The van der Waals surface area contributed by atoms with Crippen LogP contribution in [0.3, 0.4) is 0 Å². The monoisotopic (exact) mass is 675 g/mol. The number of phosphoric acid groups is 1. The second kappa shape index (κ2) is 47.3. The molecule has 28 heavy (non-hydrogen) atoms. The van der Waals surface area contributed by atoms with Crippen LogP contribution in [0.4, 0.5) is 0 Å². The van der Waals surface area contributed by atoms with Crippen LogP contribution in [-0.4, -0.2) is 111 Å². The molecule has 0 aromatic heterocycles. The molecule has 0 saturated carbocycles. The van der Waals surface area contributed by atoms with Gasteiger partial charge in [-0.1, -0.05) is 0 Å². The maximum absolute atomic E-state index is 8.77. The van der Waals surface area contributed by atoms with Crippen molar-refractivity contribution in [2.24, 2.45) is 0 Å². The predicted molar refractivity (Wildman–Crippen MR) is 60.8 cm³/mol. The summed E-state index contributed by atoms with van der Waals surface area (Å²) in [6.07, 6.45) is 0. The summed E-state index contributed by atoms with van der Waals surface area (Å²) in [6.45, 7) is 0. The van der Waals surface area contributed by atoms with E-state index >= 15 is 0 Å². The average Bonchev–Trinajstić information content (AvgIpc) is 1.66. The molecular weight excluding hydrogens is 671 g/mol. The van der Waals surface area contributed by atoms with Crippen molar-refractivity contribution in [1.29, 1.82) is 0 Å². The first-order valence-electron chi connectivity index (χ1n) is 2.65. The molecule has 0 unspecified atom stereocenters. The molecule has 0 aliphatic carbocycles. The van der Waals surface area contributed by atoms with E-state index in [2.05, 4.69) is 0 Å². The third kappa shape index (κ3) is 684. The molecule has 0 heterocycles. The summed E-state index contributed by atoms with van der Waals surface area (Å²) in [5.41, 5.74) is 0. The van der Waals surface area contributed by atoms with Crippen LogP contribution < -0.4 is 190 Å². The van der Waals surface area contributed by atoms with E-state index < -0.39 is 33.7 Å². The van der Waals surface area contributed by atoms with Crippen molar-refractivity contribution in [3.05, 3.63) is 15.3 Å². The summed E-state index contributed by atoms with van der Waals surface area (Å²) in [4.78, 5) is 31.2. The zero-order chi connectivity index (χ0) is 17.1. The summed E-state index contributed by atoms with van der Waals surface area (Å²) in [5, 5.41) is 14.8. The quantitative estimate of drug-likeness (QED) is 0.0535. The van der Waals surface area contributed by atoms with E-state index in [1.165, 1.54) is 0 Å². The molecule has 28 heteroatoms. The van der Waals surface area contributed by atoms with Crippen LogP contribution in [0.2, 0.25) is 0 Å². The second-order valence-corrected chi connectivity index (χ2v) is 4.14. The summed E-state index contributed by atoms with van der Waals surface area (Å²) >= 11 is 0. The SMILES string of the molecule is O=P([O-])(O)O.O=S(=O)([O-])[O-].O=S(=O)([O-])[O-].O=[N+]([O-])[O-].[Ca+2].[Cl-].[Cl-].[K+].[K+].[K+].[Mg+2].[Mn].[NH4+]. The summed E-state index contributed by atoms with van der Waals surface area (Å²) in [7, 11) is -15.2. The molecule has 1 radical (unpaired) electrons. The third-order valence-corrected chi connectivity index (χ3v) is 0. The molecule has 0 bridgehead atoms. The fraction of sp³-hybridized carbons (Fsp3) is 0. The number of rotatable bonds is 0. The van der Waals surface area contributed by atoms with Gasteiger partial charge in [-0.25, -0.2) is 0 Å². The van der Waals surface area contributed by atoms with Gasteiger partial charge in [0.2, 0.25) is 0 Å². The van der Waals surface area contributed by atoms with Gasteiger partial charge in [-0.05, 0) is 0 Å². The predicted octanol–water partition coefficient (Wildman–Crippen LogP) is -19.8. The Kier molecular flexibility index (Phi) is 141. The first-order chi connectivity index (χ1) is 7.73. The van der Waals surface area contributed by atoms with Crippen LogP contribution in [-0.2, 0) is 42.4 Å². The standard InChI is InChI=1S/Ca.2ClH.3K.Mg.Mn.NO3.H3N.H3O4P.2H2O4S/c;;;;;;;;2-1(3)4;;3*1-5(2,3)4/h;2*1H;;;;;;;1H3;(H3,1,2,3,4);2*(H2,1,2,3,4)/q+2;;;3*+1;+2;;-1;;;;/p-6. The number of nitrogens with zero attached hydrogens (tertiary/aromatic N) is 1. The Morgan fingerprint density at radius 1 is 0.786 bits per heavy atom. The normalized spacial score (nSPS) is 7.11. The van der Waals surface area contributed by atoms with E-state index in [1.54, 1.807) is 0 Å². The Morgan fingerprint density at radius 3 is 0.786 bits per heavy atom. The molecule has 17 nitrogen and oxygen atoms in total. The fourth-order valence-corrected chi connectivity index (χ4v) is 0. The van der Waals surface area contributed by atoms with Gasteiger partial charge in [0.15, 0.2) is 0 Å². The summed E-state index contributed by atoms with van der Waals surface area (Å²) < 4.78 is 76.9. The number of quaternary nitrogens is 1. The Bertz CT molecular complexity index is 447. The Morgan fingerprint density at radius 2 is 0.786 bits per heavy atom. The van der Waals surface area contributed by atoms with Gasteiger partial charge in [0.05, 0.1) is 5.09 Å². The second-order valence-electron chi connectivity index (χ2n) is 1.53. The molecule has 0 aliphatic rings. The molecule has 0 spiro atoms. The van der Waals surface area contributed by atoms with Gasteiger partial charge in [0.1, 0.15) is 0 Å². The van der Waals surface area contributed by atoms with Gasteiger partial charge < -0.3 is 79.2 Å². The molecule has 0 aromatic rings. The Labute approximate surface area is 356 Å². The first-order valence-corrected chi connectivity index (χ1v) is 6.84. The van der Waals surface area contributed by atoms with Crippen molar-refractivity contribution in [3.8, 4) is 0 Å². The van der Waals surface area contributed by atoms with Crippen LogP contribution in [0.25, 0.3) is 0 Å². The van der Waals surface area contributed by atoms with Gasteiger partial charge in [-0.3, -0.25) is 21.4 Å². The molecule has 0 aliphatic heterocycles. The minimum atomic E-state index is -5.17. The van der Waals surface area contributed by atoms with Gasteiger partial charge in [0.25, 0.3) is 7.82 Å². The molecule has 0 rings (SSSR count). The smallest absolute Gasteiger partial charge is 1.00 e. The molecule has 0 amide bonds. The Balaban J connectivity index is -0.00000000882. The van der Waals surface area contributed by atoms with Crippen LogP contribution in [0.5, 0.6) is 0 Å². The van der Waals surface area contributed by atoms with E-state index in [9.17, 15) is 0 Å². The van der Waals surface area contributed by atoms with Crippen molar-refractivity contribution in [2.75, 3.05) is 0 Å². The minimum Gasteiger partial charge on any atom is -1.00 e. The first kappa shape index (κ1) is 83.6. The Hall–Kier alpha value is 7.04. The van der Waals surface area contributed by atoms with Crippen molar-refractivity contribution < 1.29 is 255 Å². The van der Waals surface area contributed by atoms with Crippen molar-refractivity contribution >= 4 is 89.4 Å². The topological polar surface area (TPSA) is 344 Å². The van der Waals surface area contributed by atoms with E-state index in [1.807, 2.05) is 0 Å². The number of hydrogen-bond donors (Lipinski definition) is 3. The fourth-order valence-electron chi connectivity index (χ4n) is 0.